The van der Waals surface area contributed by atoms with Gasteiger partial charge in [-0.05, 0) is 25.0 Å². The quantitative estimate of drug-likeness (QED) is 0.532. The minimum absolute atomic E-state index is 0.274. The average molecular weight is 306 g/mol. The first-order valence-electron chi connectivity index (χ1n) is 8.03. The Morgan fingerprint density at radius 3 is 2.27 bits per heavy atom. The molecule has 1 aliphatic heterocycles. The van der Waals surface area contributed by atoms with Crippen LogP contribution in [0, 0.1) is 0 Å². The smallest absolute Gasteiger partial charge is 0.184 e. The third-order valence-corrected chi connectivity index (χ3v) is 3.81. The van der Waals surface area contributed by atoms with Crippen LogP contribution in [0.4, 0.5) is 0 Å². The van der Waals surface area contributed by atoms with Crippen molar-refractivity contribution in [3.05, 3.63) is 42.7 Å². The third-order valence-electron chi connectivity index (χ3n) is 3.81. The van der Waals surface area contributed by atoms with Crippen molar-refractivity contribution >= 4 is 0 Å². The van der Waals surface area contributed by atoms with E-state index in [1.807, 2.05) is 24.3 Å². The Balaban J connectivity index is 1.92. The molecule has 1 fully saturated rings. The number of hydrogen-bond donors (Lipinski definition) is 0. The summed E-state index contributed by atoms with van der Waals surface area (Å²) in [6.45, 7) is 8.79. The maximum absolute atomic E-state index is 6.01. The molecule has 22 heavy (non-hydrogen) atoms. The Kier molecular flexibility index (Phi) is 6.74. The third kappa shape index (κ3) is 4.75. The largest absolute Gasteiger partial charge is 0.498 e. The maximum atomic E-state index is 6.01. The zero-order valence-electron chi connectivity index (χ0n) is 13.5. The first-order chi connectivity index (χ1) is 10.8. The second-order valence-corrected chi connectivity index (χ2v) is 5.36. The second kappa shape index (κ2) is 8.81. The Bertz CT molecular complexity index is 431. The molecule has 0 N–H and O–H groups in total. The fourth-order valence-electron chi connectivity index (χ4n) is 2.48. The van der Waals surface area contributed by atoms with E-state index in [1.165, 1.54) is 6.26 Å². The highest BCUT2D eigenvalue weighted by Gasteiger charge is 2.29. The number of hydrogen-bond acceptors (Lipinski definition) is 4. The molecular weight excluding hydrogens is 280 g/mol. The summed E-state index contributed by atoms with van der Waals surface area (Å²) in [4.78, 5) is 0. The van der Waals surface area contributed by atoms with Gasteiger partial charge in [-0.2, -0.15) is 0 Å². The monoisotopic (exact) mass is 306 g/mol. The summed E-state index contributed by atoms with van der Waals surface area (Å²) in [5.41, 5.74) is 1.03. The van der Waals surface area contributed by atoms with E-state index >= 15 is 0 Å². The summed E-state index contributed by atoms with van der Waals surface area (Å²) < 4.78 is 22.6. The molecule has 4 nitrogen and oxygen atoms in total. The van der Waals surface area contributed by atoms with Gasteiger partial charge in [-0.3, -0.25) is 0 Å². The van der Waals surface area contributed by atoms with Gasteiger partial charge in [0.2, 0.25) is 0 Å². The minimum Gasteiger partial charge on any atom is -0.498 e. The van der Waals surface area contributed by atoms with E-state index in [0.717, 1.165) is 30.6 Å². The predicted molar refractivity (Wildman–Crippen MR) is 85.8 cm³/mol. The van der Waals surface area contributed by atoms with Crippen LogP contribution in [-0.4, -0.2) is 25.4 Å². The second-order valence-electron chi connectivity index (χ2n) is 5.36. The number of rotatable bonds is 8. The van der Waals surface area contributed by atoms with Crippen molar-refractivity contribution in [2.45, 2.75) is 51.6 Å². The molecule has 1 aliphatic rings. The lowest BCUT2D eigenvalue weighted by Crippen LogP contribution is -2.33. The fourth-order valence-corrected chi connectivity index (χ4v) is 2.48. The van der Waals surface area contributed by atoms with Crippen LogP contribution in [0.1, 0.15) is 45.0 Å². The molecule has 4 heteroatoms. The summed E-state index contributed by atoms with van der Waals surface area (Å²) >= 11 is 0. The lowest BCUT2D eigenvalue weighted by atomic mass is 10.0. The molecule has 2 rings (SSSR count). The average Bonchev–Trinajstić information content (AvgIpc) is 2.58. The van der Waals surface area contributed by atoms with Gasteiger partial charge in [-0.15, -0.1) is 0 Å². The zero-order valence-corrected chi connectivity index (χ0v) is 13.5. The van der Waals surface area contributed by atoms with Crippen molar-refractivity contribution in [1.82, 2.24) is 0 Å². The van der Waals surface area contributed by atoms with E-state index in [0.29, 0.717) is 13.2 Å². The van der Waals surface area contributed by atoms with Crippen molar-refractivity contribution in [2.75, 3.05) is 13.2 Å². The van der Waals surface area contributed by atoms with Crippen molar-refractivity contribution in [3.8, 4) is 5.75 Å². The zero-order chi connectivity index (χ0) is 15.8. The summed E-state index contributed by atoms with van der Waals surface area (Å²) in [5.74, 6) is 0.811. The molecule has 0 aromatic heterocycles. The van der Waals surface area contributed by atoms with Crippen LogP contribution in [0.2, 0.25) is 0 Å². The van der Waals surface area contributed by atoms with Gasteiger partial charge >= 0.3 is 0 Å². The summed E-state index contributed by atoms with van der Waals surface area (Å²) in [6, 6.07) is 7.87. The van der Waals surface area contributed by atoms with E-state index in [2.05, 4.69) is 20.4 Å². The van der Waals surface area contributed by atoms with Gasteiger partial charge in [0.05, 0.1) is 18.5 Å². The lowest BCUT2D eigenvalue weighted by Gasteiger charge is -2.35. The highest BCUT2D eigenvalue weighted by atomic mass is 16.7. The first-order valence-corrected chi connectivity index (χ1v) is 8.03. The van der Waals surface area contributed by atoms with Crippen LogP contribution in [0.15, 0.2) is 37.1 Å². The highest BCUT2D eigenvalue weighted by Crippen LogP contribution is 2.32. The molecule has 122 valence electrons. The molecule has 0 spiro atoms. The Morgan fingerprint density at radius 2 is 1.73 bits per heavy atom. The summed E-state index contributed by atoms with van der Waals surface area (Å²) in [7, 11) is 0. The normalized spacial score (nSPS) is 24.7. The molecule has 0 saturated carbocycles. The van der Waals surface area contributed by atoms with Crippen LogP contribution in [0.5, 0.6) is 5.75 Å². The number of ether oxygens (including phenoxy) is 4. The van der Waals surface area contributed by atoms with Gasteiger partial charge in [0.25, 0.3) is 0 Å². The molecule has 1 heterocycles. The van der Waals surface area contributed by atoms with E-state index in [-0.39, 0.29) is 18.5 Å². The van der Waals surface area contributed by atoms with Crippen molar-refractivity contribution < 1.29 is 18.9 Å². The number of benzene rings is 1. The molecule has 1 saturated heterocycles. The standard InChI is InChI=1S/C18H26O4/c1-4-15-13-16(5-2)22-18(21-15)14-7-9-17(10-8-14)20-12-11-19-6-3/h6-10,15-16,18H,3-5,11-13H2,1-2H3. The van der Waals surface area contributed by atoms with Gasteiger partial charge in [0.15, 0.2) is 6.29 Å². The van der Waals surface area contributed by atoms with E-state index in [4.69, 9.17) is 18.9 Å². The molecule has 2 atom stereocenters. The molecule has 2 unspecified atom stereocenters. The Labute approximate surface area is 133 Å². The topological polar surface area (TPSA) is 36.9 Å². The van der Waals surface area contributed by atoms with Crippen LogP contribution in [0.3, 0.4) is 0 Å². The van der Waals surface area contributed by atoms with Crippen LogP contribution in [0.25, 0.3) is 0 Å². The van der Waals surface area contributed by atoms with Gasteiger partial charge in [0, 0.05) is 12.0 Å². The molecular formula is C18H26O4. The SMILES string of the molecule is C=COCCOc1ccc(C2OC(CC)CC(CC)O2)cc1. The van der Waals surface area contributed by atoms with Crippen LogP contribution >= 0.6 is 0 Å². The molecule has 0 bridgehead atoms. The minimum atomic E-state index is -0.276. The van der Waals surface area contributed by atoms with Crippen molar-refractivity contribution in [3.63, 3.8) is 0 Å². The summed E-state index contributed by atoms with van der Waals surface area (Å²) in [5, 5.41) is 0. The molecule has 0 amide bonds. The van der Waals surface area contributed by atoms with Gasteiger partial charge in [0.1, 0.15) is 19.0 Å². The fraction of sp³-hybridized carbons (Fsp3) is 0.556. The molecule has 0 radical (unpaired) electrons. The highest BCUT2D eigenvalue weighted by molar-refractivity contribution is 5.28. The van der Waals surface area contributed by atoms with E-state index in [1.54, 1.807) is 0 Å². The Hall–Kier alpha value is -1.52. The van der Waals surface area contributed by atoms with Crippen LogP contribution in [-0.2, 0) is 14.2 Å². The summed E-state index contributed by atoms with van der Waals surface area (Å²) in [6.07, 6.45) is 4.70. The Morgan fingerprint density at radius 1 is 1.09 bits per heavy atom. The van der Waals surface area contributed by atoms with Gasteiger partial charge in [-0.25, -0.2) is 0 Å². The molecule has 0 aliphatic carbocycles. The first kappa shape index (κ1) is 16.8. The lowest BCUT2D eigenvalue weighted by molar-refractivity contribution is -0.248. The predicted octanol–water partition coefficient (Wildman–Crippen LogP) is 4.22. The molecule has 1 aromatic carbocycles. The maximum Gasteiger partial charge on any atom is 0.184 e. The molecule has 1 aromatic rings. The van der Waals surface area contributed by atoms with Crippen molar-refractivity contribution in [1.29, 1.82) is 0 Å². The van der Waals surface area contributed by atoms with E-state index < -0.39 is 0 Å². The van der Waals surface area contributed by atoms with Crippen LogP contribution < -0.4 is 4.74 Å². The van der Waals surface area contributed by atoms with Gasteiger partial charge < -0.3 is 18.9 Å². The van der Waals surface area contributed by atoms with E-state index in [9.17, 15) is 0 Å². The van der Waals surface area contributed by atoms with Crippen molar-refractivity contribution in [2.24, 2.45) is 0 Å². The van der Waals surface area contributed by atoms with Gasteiger partial charge in [-0.1, -0.05) is 32.6 Å².